The van der Waals surface area contributed by atoms with Gasteiger partial charge < -0.3 is 19.9 Å². The lowest BCUT2D eigenvalue weighted by Gasteiger charge is -2.37. The molecule has 3 rings (SSSR count). The maximum Gasteiger partial charge on any atom is 0.251 e. The van der Waals surface area contributed by atoms with Gasteiger partial charge in [0.05, 0.1) is 17.2 Å². The molecule has 2 aliphatic rings. The summed E-state index contributed by atoms with van der Waals surface area (Å²) in [6.07, 6.45) is 2.60. The highest BCUT2D eigenvalue weighted by molar-refractivity contribution is 14.0. The van der Waals surface area contributed by atoms with E-state index in [4.69, 9.17) is 4.74 Å². The third-order valence-corrected chi connectivity index (χ3v) is 5.68. The SMILES string of the molecule is CCc1nc(CNC(=NC)N2CCN(C(=O)C3CCCO3)CC2)cs1.I. The number of rotatable bonds is 4. The van der Waals surface area contributed by atoms with Gasteiger partial charge in [0.15, 0.2) is 5.96 Å². The Morgan fingerprint density at radius 3 is 2.69 bits per heavy atom. The van der Waals surface area contributed by atoms with E-state index in [-0.39, 0.29) is 36.0 Å². The molecule has 2 saturated heterocycles. The average molecular weight is 493 g/mol. The fourth-order valence-electron chi connectivity index (χ4n) is 3.21. The number of aromatic nitrogens is 1. The summed E-state index contributed by atoms with van der Waals surface area (Å²) in [5.41, 5.74) is 1.05. The van der Waals surface area contributed by atoms with Gasteiger partial charge >= 0.3 is 0 Å². The summed E-state index contributed by atoms with van der Waals surface area (Å²) in [6.45, 7) is 6.52. The van der Waals surface area contributed by atoms with Crippen LogP contribution in [-0.2, 0) is 22.5 Å². The second-order valence-corrected chi connectivity index (χ2v) is 7.24. The molecule has 1 aromatic heterocycles. The van der Waals surface area contributed by atoms with E-state index in [9.17, 15) is 4.79 Å². The van der Waals surface area contributed by atoms with Gasteiger partial charge in [-0.3, -0.25) is 9.79 Å². The number of halogens is 1. The smallest absolute Gasteiger partial charge is 0.251 e. The van der Waals surface area contributed by atoms with Gasteiger partial charge in [-0.2, -0.15) is 0 Å². The molecule has 0 radical (unpaired) electrons. The van der Waals surface area contributed by atoms with Crippen molar-refractivity contribution in [3.8, 4) is 0 Å². The van der Waals surface area contributed by atoms with E-state index in [0.29, 0.717) is 13.2 Å². The van der Waals surface area contributed by atoms with Crippen molar-refractivity contribution in [3.63, 3.8) is 0 Å². The number of nitrogens with zero attached hydrogens (tertiary/aromatic N) is 4. The monoisotopic (exact) mass is 493 g/mol. The minimum Gasteiger partial charge on any atom is -0.368 e. The summed E-state index contributed by atoms with van der Waals surface area (Å²) in [4.78, 5) is 25.5. The molecule has 3 heterocycles. The number of hydrogen-bond donors (Lipinski definition) is 1. The molecule has 7 nitrogen and oxygen atoms in total. The van der Waals surface area contributed by atoms with Crippen molar-refractivity contribution in [1.29, 1.82) is 0 Å². The Morgan fingerprint density at radius 1 is 1.38 bits per heavy atom. The molecule has 2 fully saturated rings. The minimum atomic E-state index is -0.221. The quantitative estimate of drug-likeness (QED) is 0.393. The summed E-state index contributed by atoms with van der Waals surface area (Å²) < 4.78 is 5.52. The zero-order chi connectivity index (χ0) is 17.6. The highest BCUT2D eigenvalue weighted by atomic mass is 127. The summed E-state index contributed by atoms with van der Waals surface area (Å²) in [6, 6.07) is 0. The zero-order valence-corrected chi connectivity index (χ0v) is 18.6. The number of thiazole rings is 1. The Bertz CT molecular complexity index is 610. The standard InChI is InChI=1S/C17H27N5O2S.HI/c1-3-15-20-13(12-25-15)11-19-17(18-2)22-8-6-21(7-9-22)16(23)14-5-4-10-24-14;/h12,14H,3-11H2,1-2H3,(H,18,19);1H. The first kappa shape index (κ1) is 21.4. The predicted molar refractivity (Wildman–Crippen MR) is 114 cm³/mol. The fourth-order valence-corrected chi connectivity index (χ4v) is 3.95. The van der Waals surface area contributed by atoms with E-state index < -0.39 is 0 Å². The van der Waals surface area contributed by atoms with Gasteiger partial charge in [-0.25, -0.2) is 4.98 Å². The van der Waals surface area contributed by atoms with E-state index in [0.717, 1.165) is 62.1 Å². The Kier molecular flexibility index (Phi) is 8.55. The second-order valence-electron chi connectivity index (χ2n) is 6.30. The number of piperazine rings is 1. The lowest BCUT2D eigenvalue weighted by molar-refractivity contribution is -0.142. The van der Waals surface area contributed by atoms with E-state index in [1.165, 1.54) is 0 Å². The highest BCUT2D eigenvalue weighted by Gasteiger charge is 2.30. The molecule has 1 amide bonds. The third kappa shape index (κ3) is 5.29. The summed E-state index contributed by atoms with van der Waals surface area (Å²) >= 11 is 1.70. The van der Waals surface area contributed by atoms with Crippen LogP contribution in [0.4, 0.5) is 0 Å². The van der Waals surface area contributed by atoms with E-state index in [1.807, 2.05) is 4.90 Å². The van der Waals surface area contributed by atoms with Gasteiger partial charge in [0.25, 0.3) is 5.91 Å². The average Bonchev–Trinajstić information content (AvgIpc) is 3.34. The number of amides is 1. The molecule has 26 heavy (non-hydrogen) atoms. The van der Waals surface area contributed by atoms with E-state index >= 15 is 0 Å². The zero-order valence-electron chi connectivity index (χ0n) is 15.4. The van der Waals surface area contributed by atoms with Crippen LogP contribution in [0.25, 0.3) is 0 Å². The Morgan fingerprint density at radius 2 is 2.12 bits per heavy atom. The van der Waals surface area contributed by atoms with Crippen LogP contribution in [-0.4, -0.2) is 72.6 Å². The Labute approximate surface area is 176 Å². The number of aryl methyl sites for hydroxylation is 1. The van der Waals surface area contributed by atoms with Crippen molar-refractivity contribution >= 4 is 47.2 Å². The van der Waals surface area contributed by atoms with Crippen molar-refractivity contribution in [1.82, 2.24) is 20.1 Å². The molecule has 0 bridgehead atoms. The van der Waals surface area contributed by atoms with Crippen LogP contribution in [0.5, 0.6) is 0 Å². The number of nitrogens with one attached hydrogen (secondary N) is 1. The van der Waals surface area contributed by atoms with Crippen LogP contribution in [0.15, 0.2) is 10.4 Å². The van der Waals surface area contributed by atoms with Gasteiger partial charge in [-0.15, -0.1) is 35.3 Å². The first-order chi connectivity index (χ1) is 12.2. The van der Waals surface area contributed by atoms with Crippen molar-refractivity contribution in [2.45, 2.75) is 38.8 Å². The van der Waals surface area contributed by atoms with Crippen LogP contribution in [0.1, 0.15) is 30.5 Å². The van der Waals surface area contributed by atoms with Gasteiger partial charge in [0, 0.05) is 45.2 Å². The molecule has 1 unspecified atom stereocenters. The van der Waals surface area contributed by atoms with Crippen LogP contribution in [0, 0.1) is 0 Å². The van der Waals surface area contributed by atoms with E-state index in [2.05, 4.69) is 32.5 Å². The molecule has 0 aliphatic carbocycles. The van der Waals surface area contributed by atoms with Gasteiger partial charge in [0.2, 0.25) is 0 Å². The molecular formula is C17H28IN5O2S. The molecule has 2 aliphatic heterocycles. The number of carbonyl (C=O) groups is 1. The molecule has 1 N–H and O–H groups in total. The Balaban J connectivity index is 0.00000243. The van der Waals surface area contributed by atoms with Crippen LogP contribution in [0.2, 0.25) is 0 Å². The lowest BCUT2D eigenvalue weighted by atomic mass is 10.2. The van der Waals surface area contributed by atoms with Gasteiger partial charge in [-0.1, -0.05) is 6.92 Å². The first-order valence-electron chi connectivity index (χ1n) is 9.00. The molecule has 1 atom stereocenters. The maximum absolute atomic E-state index is 12.4. The molecule has 146 valence electrons. The molecular weight excluding hydrogens is 465 g/mol. The molecule has 1 aromatic rings. The second kappa shape index (κ2) is 10.4. The number of guanidine groups is 1. The fraction of sp³-hybridized carbons (Fsp3) is 0.706. The molecule has 9 heteroatoms. The van der Waals surface area contributed by atoms with E-state index in [1.54, 1.807) is 18.4 Å². The van der Waals surface area contributed by atoms with Crippen molar-refractivity contribution in [3.05, 3.63) is 16.1 Å². The topological polar surface area (TPSA) is 70.1 Å². The summed E-state index contributed by atoms with van der Waals surface area (Å²) in [5, 5.41) is 6.64. The lowest BCUT2D eigenvalue weighted by Crippen LogP contribution is -2.55. The van der Waals surface area contributed by atoms with Crippen LogP contribution < -0.4 is 5.32 Å². The number of aliphatic imine (C=N–C) groups is 1. The molecule has 0 spiro atoms. The molecule has 0 aromatic carbocycles. The van der Waals surface area contributed by atoms with Gasteiger partial charge in [-0.05, 0) is 19.3 Å². The number of carbonyl (C=O) groups excluding carboxylic acids is 1. The van der Waals surface area contributed by atoms with Crippen molar-refractivity contribution in [2.24, 2.45) is 4.99 Å². The summed E-state index contributed by atoms with van der Waals surface area (Å²) in [7, 11) is 1.80. The van der Waals surface area contributed by atoms with Crippen molar-refractivity contribution in [2.75, 3.05) is 39.8 Å². The number of ether oxygens (including phenoxy) is 1. The van der Waals surface area contributed by atoms with Crippen LogP contribution >= 0.6 is 35.3 Å². The predicted octanol–water partition coefficient (Wildman–Crippen LogP) is 1.72. The van der Waals surface area contributed by atoms with Crippen LogP contribution in [0.3, 0.4) is 0 Å². The summed E-state index contributed by atoms with van der Waals surface area (Å²) in [5.74, 6) is 1.02. The minimum absolute atomic E-state index is 0. The normalized spacial score (nSPS) is 20.8. The highest BCUT2D eigenvalue weighted by Crippen LogP contribution is 2.16. The number of hydrogen-bond acceptors (Lipinski definition) is 5. The Hall–Kier alpha value is -0.940. The third-order valence-electron chi connectivity index (χ3n) is 4.64. The van der Waals surface area contributed by atoms with Crippen molar-refractivity contribution < 1.29 is 9.53 Å². The largest absolute Gasteiger partial charge is 0.368 e. The molecule has 0 saturated carbocycles. The van der Waals surface area contributed by atoms with Gasteiger partial charge in [0.1, 0.15) is 6.10 Å². The first-order valence-corrected chi connectivity index (χ1v) is 9.88. The maximum atomic E-state index is 12.4.